The van der Waals surface area contributed by atoms with Gasteiger partial charge in [0, 0.05) is 12.1 Å². The summed E-state index contributed by atoms with van der Waals surface area (Å²) in [6.07, 6.45) is 2.49. The van der Waals surface area contributed by atoms with Gasteiger partial charge in [-0.3, -0.25) is 0 Å². The molecule has 2 N–H and O–H groups in total. The van der Waals surface area contributed by atoms with E-state index in [1.807, 2.05) is 6.07 Å². The molecule has 1 fully saturated rings. The SMILES string of the molecule is C.COc1cc(C(C)NC2CC2)cc(Cl)c1O. The minimum absolute atomic E-state index is 0. The van der Waals surface area contributed by atoms with Gasteiger partial charge < -0.3 is 15.2 Å². The van der Waals surface area contributed by atoms with Gasteiger partial charge in [-0.15, -0.1) is 0 Å². The number of methoxy groups -OCH3 is 1. The average molecular weight is 258 g/mol. The maximum atomic E-state index is 9.62. The molecule has 1 aromatic rings. The van der Waals surface area contributed by atoms with Gasteiger partial charge in [-0.05, 0) is 37.5 Å². The van der Waals surface area contributed by atoms with Crippen LogP contribution in [0.5, 0.6) is 11.5 Å². The smallest absolute Gasteiger partial charge is 0.176 e. The lowest BCUT2D eigenvalue weighted by atomic mass is 10.1. The van der Waals surface area contributed by atoms with E-state index in [2.05, 4.69) is 12.2 Å². The first-order valence-electron chi connectivity index (χ1n) is 5.44. The van der Waals surface area contributed by atoms with Crippen LogP contribution in [0.25, 0.3) is 0 Å². The van der Waals surface area contributed by atoms with Crippen molar-refractivity contribution >= 4 is 11.6 Å². The molecule has 1 atom stereocenters. The highest BCUT2D eigenvalue weighted by atomic mass is 35.5. The second-order valence-electron chi connectivity index (χ2n) is 4.22. The zero-order valence-electron chi connectivity index (χ0n) is 9.46. The number of hydrogen-bond acceptors (Lipinski definition) is 3. The van der Waals surface area contributed by atoms with E-state index in [4.69, 9.17) is 16.3 Å². The fraction of sp³-hybridized carbons (Fsp3) is 0.538. The second kappa shape index (κ2) is 5.61. The number of benzene rings is 1. The maximum absolute atomic E-state index is 9.62. The zero-order valence-corrected chi connectivity index (χ0v) is 10.2. The largest absolute Gasteiger partial charge is 0.503 e. The predicted octanol–water partition coefficient (Wildman–Crippen LogP) is 3.50. The molecule has 0 bridgehead atoms. The quantitative estimate of drug-likeness (QED) is 0.867. The Morgan fingerprint density at radius 1 is 1.47 bits per heavy atom. The van der Waals surface area contributed by atoms with Gasteiger partial charge in [0.25, 0.3) is 0 Å². The summed E-state index contributed by atoms with van der Waals surface area (Å²) in [6, 6.07) is 4.45. The Hall–Kier alpha value is -0.930. The van der Waals surface area contributed by atoms with Crippen LogP contribution in [0.3, 0.4) is 0 Å². The van der Waals surface area contributed by atoms with Crippen LogP contribution < -0.4 is 10.1 Å². The summed E-state index contributed by atoms with van der Waals surface area (Å²) in [5, 5.41) is 13.4. The van der Waals surface area contributed by atoms with Gasteiger partial charge in [-0.1, -0.05) is 19.0 Å². The van der Waals surface area contributed by atoms with Crippen molar-refractivity contribution in [1.82, 2.24) is 5.32 Å². The summed E-state index contributed by atoms with van der Waals surface area (Å²) in [7, 11) is 1.52. The van der Waals surface area contributed by atoms with Gasteiger partial charge in [0.2, 0.25) is 0 Å². The molecule has 0 amide bonds. The van der Waals surface area contributed by atoms with E-state index in [1.165, 1.54) is 20.0 Å². The highest BCUT2D eigenvalue weighted by Crippen LogP contribution is 2.37. The molecule has 1 aliphatic rings. The number of halogens is 1. The topological polar surface area (TPSA) is 41.5 Å². The third kappa shape index (κ3) is 3.27. The molecule has 0 heterocycles. The molecule has 0 aliphatic heterocycles. The van der Waals surface area contributed by atoms with Crippen molar-refractivity contribution in [3.05, 3.63) is 22.7 Å². The number of phenolic OH excluding ortho intramolecular Hbond substituents is 1. The van der Waals surface area contributed by atoms with Crippen molar-refractivity contribution < 1.29 is 9.84 Å². The maximum Gasteiger partial charge on any atom is 0.176 e. The van der Waals surface area contributed by atoms with E-state index in [1.54, 1.807) is 6.07 Å². The Kier molecular flexibility index (Phi) is 4.66. The first kappa shape index (κ1) is 14.1. The Balaban J connectivity index is 0.00000144. The minimum atomic E-state index is 0. The van der Waals surface area contributed by atoms with E-state index in [9.17, 15) is 5.11 Å². The van der Waals surface area contributed by atoms with Crippen LogP contribution in [0.15, 0.2) is 12.1 Å². The van der Waals surface area contributed by atoms with Crippen molar-refractivity contribution in [2.75, 3.05) is 7.11 Å². The third-order valence-electron chi connectivity index (χ3n) is 2.83. The third-order valence-corrected chi connectivity index (χ3v) is 3.12. The summed E-state index contributed by atoms with van der Waals surface area (Å²) in [4.78, 5) is 0. The molecule has 3 nitrogen and oxygen atoms in total. The van der Waals surface area contributed by atoms with Crippen LogP contribution in [0.2, 0.25) is 5.02 Å². The predicted molar refractivity (Wildman–Crippen MR) is 71.0 cm³/mol. The Labute approximate surface area is 108 Å². The zero-order chi connectivity index (χ0) is 11.7. The molecule has 0 spiro atoms. The van der Waals surface area contributed by atoms with Crippen molar-refractivity contribution in [3.63, 3.8) is 0 Å². The fourth-order valence-electron chi connectivity index (χ4n) is 1.70. The summed E-state index contributed by atoms with van der Waals surface area (Å²) in [6.45, 7) is 2.08. The van der Waals surface area contributed by atoms with E-state index in [-0.39, 0.29) is 19.2 Å². The normalized spacial score (nSPS) is 16.2. The molecule has 1 unspecified atom stereocenters. The molecule has 96 valence electrons. The standard InChI is InChI=1S/C12H16ClNO2.CH4/c1-7(14-9-3-4-9)8-5-10(13)12(15)11(6-8)16-2;/h5-7,9,14-15H,3-4H2,1-2H3;1H4. The number of aromatic hydroxyl groups is 1. The van der Waals surface area contributed by atoms with E-state index < -0.39 is 0 Å². The number of phenols is 1. The lowest BCUT2D eigenvalue weighted by molar-refractivity contribution is 0.372. The summed E-state index contributed by atoms with van der Waals surface area (Å²) >= 11 is 5.94. The molecular weight excluding hydrogens is 238 g/mol. The van der Waals surface area contributed by atoms with Gasteiger partial charge in [-0.25, -0.2) is 0 Å². The molecule has 1 saturated carbocycles. The first-order valence-corrected chi connectivity index (χ1v) is 5.82. The molecule has 0 aromatic heterocycles. The van der Waals surface area contributed by atoms with Gasteiger partial charge in [0.1, 0.15) is 0 Å². The number of ether oxygens (including phenoxy) is 1. The molecule has 17 heavy (non-hydrogen) atoms. The summed E-state index contributed by atoms with van der Waals surface area (Å²) in [5.74, 6) is 0.429. The summed E-state index contributed by atoms with van der Waals surface area (Å²) in [5.41, 5.74) is 1.03. The Morgan fingerprint density at radius 2 is 2.12 bits per heavy atom. The van der Waals surface area contributed by atoms with Crippen LogP contribution in [-0.4, -0.2) is 18.3 Å². The highest BCUT2D eigenvalue weighted by Gasteiger charge is 2.24. The van der Waals surface area contributed by atoms with Crippen molar-refractivity contribution in [2.45, 2.75) is 39.3 Å². The van der Waals surface area contributed by atoms with Gasteiger partial charge in [0.05, 0.1) is 12.1 Å². The van der Waals surface area contributed by atoms with Crippen molar-refractivity contribution in [3.8, 4) is 11.5 Å². The van der Waals surface area contributed by atoms with Crippen LogP contribution >= 0.6 is 11.6 Å². The molecule has 1 aromatic carbocycles. The molecule has 4 heteroatoms. The lowest BCUT2D eigenvalue weighted by Crippen LogP contribution is -2.20. The molecule has 0 saturated heterocycles. The van der Waals surface area contributed by atoms with Crippen LogP contribution in [0, 0.1) is 0 Å². The van der Waals surface area contributed by atoms with Crippen molar-refractivity contribution in [2.24, 2.45) is 0 Å². The van der Waals surface area contributed by atoms with Gasteiger partial charge >= 0.3 is 0 Å². The van der Waals surface area contributed by atoms with Crippen molar-refractivity contribution in [1.29, 1.82) is 0 Å². The fourth-order valence-corrected chi connectivity index (χ4v) is 1.92. The molecule has 1 aliphatic carbocycles. The second-order valence-corrected chi connectivity index (χ2v) is 4.62. The van der Waals surface area contributed by atoms with Crippen LogP contribution in [-0.2, 0) is 0 Å². The summed E-state index contributed by atoms with van der Waals surface area (Å²) < 4.78 is 5.08. The van der Waals surface area contributed by atoms with E-state index >= 15 is 0 Å². The highest BCUT2D eigenvalue weighted by molar-refractivity contribution is 6.32. The van der Waals surface area contributed by atoms with Crippen LogP contribution in [0.1, 0.15) is 38.8 Å². The first-order chi connectivity index (χ1) is 7.61. The van der Waals surface area contributed by atoms with E-state index in [0.717, 1.165) is 5.56 Å². The molecular formula is C13H20ClNO2. The minimum Gasteiger partial charge on any atom is -0.503 e. The van der Waals surface area contributed by atoms with E-state index in [0.29, 0.717) is 16.8 Å². The number of nitrogens with one attached hydrogen (secondary N) is 1. The number of rotatable bonds is 4. The van der Waals surface area contributed by atoms with Gasteiger partial charge in [0.15, 0.2) is 11.5 Å². The lowest BCUT2D eigenvalue weighted by Gasteiger charge is -2.16. The van der Waals surface area contributed by atoms with Gasteiger partial charge in [-0.2, -0.15) is 0 Å². The Morgan fingerprint density at radius 3 is 2.65 bits per heavy atom. The average Bonchev–Trinajstić information content (AvgIpc) is 3.05. The Bertz CT molecular complexity index is 391. The molecule has 2 rings (SSSR count). The number of hydrogen-bond donors (Lipinski definition) is 2. The monoisotopic (exact) mass is 257 g/mol. The van der Waals surface area contributed by atoms with Crippen LogP contribution in [0.4, 0.5) is 0 Å². The molecule has 0 radical (unpaired) electrons.